The second-order valence-electron chi connectivity index (χ2n) is 10.7. The number of hydrogen-bond donors (Lipinski definition) is 0. The van der Waals surface area contributed by atoms with Gasteiger partial charge < -0.3 is 19.3 Å². The van der Waals surface area contributed by atoms with Crippen LogP contribution in [-0.4, -0.2) is 76.7 Å². The molecule has 3 aliphatic rings. The highest BCUT2D eigenvalue weighted by molar-refractivity contribution is 7.99. The van der Waals surface area contributed by atoms with Crippen molar-refractivity contribution in [2.75, 3.05) is 36.2 Å². The van der Waals surface area contributed by atoms with E-state index in [1.165, 1.54) is 0 Å². The molecule has 0 radical (unpaired) electrons. The van der Waals surface area contributed by atoms with E-state index >= 15 is 0 Å². The Labute approximate surface area is 221 Å². The first-order valence-electron chi connectivity index (χ1n) is 12.7. The van der Waals surface area contributed by atoms with Crippen LogP contribution in [0.2, 0.25) is 0 Å². The Morgan fingerprint density at radius 3 is 2.51 bits per heavy atom. The van der Waals surface area contributed by atoms with Crippen molar-refractivity contribution in [1.82, 2.24) is 9.80 Å². The molecule has 37 heavy (non-hydrogen) atoms. The summed E-state index contributed by atoms with van der Waals surface area (Å²) in [4.78, 5) is 44.7. The smallest absolute Gasteiger partial charge is 0.411 e. The van der Waals surface area contributed by atoms with Crippen LogP contribution in [0.4, 0.5) is 10.5 Å². The van der Waals surface area contributed by atoms with Gasteiger partial charge in [0.15, 0.2) is 0 Å². The predicted molar refractivity (Wildman–Crippen MR) is 143 cm³/mol. The summed E-state index contributed by atoms with van der Waals surface area (Å²) in [6, 6.07) is 14.1. The lowest BCUT2D eigenvalue weighted by Crippen LogP contribution is -2.48. The zero-order chi connectivity index (χ0) is 26.2. The number of ether oxygens (including phenoxy) is 2. The Morgan fingerprint density at radius 2 is 1.81 bits per heavy atom. The molecule has 2 aromatic rings. The van der Waals surface area contributed by atoms with E-state index in [1.807, 2.05) is 49.9 Å². The van der Waals surface area contributed by atoms with E-state index in [4.69, 9.17) is 9.47 Å². The number of anilines is 1. The molecular formula is C28H33N3O5S. The number of hydrogen-bond acceptors (Lipinski definition) is 7. The number of thioether (sulfide) groups is 1. The Kier molecular flexibility index (Phi) is 7.07. The number of likely N-dealkylation sites (tertiary alicyclic amines) is 1. The van der Waals surface area contributed by atoms with Crippen molar-refractivity contribution in [3.8, 4) is 5.75 Å². The molecule has 0 saturated carbocycles. The van der Waals surface area contributed by atoms with Gasteiger partial charge in [-0.2, -0.15) is 0 Å². The third-order valence-corrected chi connectivity index (χ3v) is 7.87. The van der Waals surface area contributed by atoms with Crippen molar-refractivity contribution in [3.63, 3.8) is 0 Å². The van der Waals surface area contributed by atoms with Crippen LogP contribution >= 0.6 is 11.8 Å². The molecule has 0 aliphatic carbocycles. The number of rotatable bonds is 4. The fourth-order valence-electron chi connectivity index (χ4n) is 5.18. The molecule has 0 unspecified atom stereocenters. The third-order valence-electron chi connectivity index (χ3n) is 6.90. The number of benzene rings is 2. The van der Waals surface area contributed by atoms with E-state index in [2.05, 4.69) is 4.90 Å². The number of nitrogens with zero attached hydrogens (tertiary/aromatic N) is 3. The highest BCUT2D eigenvalue weighted by Crippen LogP contribution is 2.37. The standard InChI is InChI=1S/C28H33N3O5S/c1-28(2,3)36-27(34)31-17-21(16-24(31)25(32)29-13-14-37-18-29)30-12-11-20-15-22(9-10-23(20)30)35-26(33)19-7-5-4-6-8-19/h4-10,15,21,24H,11-14,16-18H2,1-3H3/t21-,24-/m0/s1. The van der Waals surface area contributed by atoms with Gasteiger partial charge in [0.1, 0.15) is 17.4 Å². The molecule has 2 amide bonds. The Bertz CT molecular complexity index is 1180. The maximum absolute atomic E-state index is 13.4. The van der Waals surface area contributed by atoms with E-state index in [9.17, 15) is 14.4 Å². The van der Waals surface area contributed by atoms with Gasteiger partial charge in [-0.05, 0) is 69.5 Å². The summed E-state index contributed by atoms with van der Waals surface area (Å²) >= 11 is 1.73. The van der Waals surface area contributed by atoms with Crippen molar-refractivity contribution in [2.24, 2.45) is 0 Å². The zero-order valence-electron chi connectivity index (χ0n) is 21.5. The Balaban J connectivity index is 1.32. The van der Waals surface area contributed by atoms with Crippen LogP contribution in [0.5, 0.6) is 5.75 Å². The number of carbonyl (C=O) groups excluding carboxylic acids is 3. The molecule has 2 atom stereocenters. The third kappa shape index (κ3) is 5.56. The first kappa shape index (κ1) is 25.4. The molecule has 0 spiro atoms. The van der Waals surface area contributed by atoms with Crippen LogP contribution < -0.4 is 9.64 Å². The van der Waals surface area contributed by atoms with Gasteiger partial charge in [-0.1, -0.05) is 18.2 Å². The van der Waals surface area contributed by atoms with Crippen LogP contribution in [0.15, 0.2) is 48.5 Å². The molecule has 9 heteroatoms. The summed E-state index contributed by atoms with van der Waals surface area (Å²) < 4.78 is 11.3. The number of esters is 1. The van der Waals surface area contributed by atoms with Gasteiger partial charge in [0.2, 0.25) is 5.91 Å². The zero-order valence-corrected chi connectivity index (χ0v) is 22.3. The highest BCUT2D eigenvalue weighted by Gasteiger charge is 2.46. The molecule has 2 aromatic carbocycles. The summed E-state index contributed by atoms with van der Waals surface area (Å²) in [5, 5.41) is 0. The van der Waals surface area contributed by atoms with Crippen molar-refractivity contribution in [1.29, 1.82) is 0 Å². The SMILES string of the molecule is CC(C)(C)OC(=O)N1C[C@@H](N2CCc3cc(OC(=O)c4ccccc4)ccc32)C[C@H]1C(=O)N1CCSC1. The Morgan fingerprint density at radius 1 is 1.03 bits per heavy atom. The lowest BCUT2D eigenvalue weighted by molar-refractivity contribution is -0.134. The topological polar surface area (TPSA) is 79.4 Å². The van der Waals surface area contributed by atoms with Crippen LogP contribution in [-0.2, 0) is 16.0 Å². The fourth-order valence-corrected chi connectivity index (χ4v) is 6.14. The van der Waals surface area contributed by atoms with Gasteiger partial charge in [0, 0.05) is 37.1 Å². The van der Waals surface area contributed by atoms with Crippen LogP contribution in [0, 0.1) is 0 Å². The fraction of sp³-hybridized carbons (Fsp3) is 0.464. The molecule has 2 fully saturated rings. The van der Waals surface area contributed by atoms with Crippen molar-refractivity contribution in [2.45, 2.75) is 51.3 Å². The maximum atomic E-state index is 13.4. The normalized spacial score (nSPS) is 21.2. The minimum atomic E-state index is -0.639. The quantitative estimate of drug-likeness (QED) is 0.439. The highest BCUT2D eigenvalue weighted by atomic mass is 32.2. The van der Waals surface area contributed by atoms with Gasteiger partial charge in [0.25, 0.3) is 0 Å². The molecule has 8 nitrogen and oxygen atoms in total. The molecule has 0 N–H and O–H groups in total. The van der Waals surface area contributed by atoms with Gasteiger partial charge in [-0.25, -0.2) is 9.59 Å². The van der Waals surface area contributed by atoms with Crippen LogP contribution in [0.1, 0.15) is 43.1 Å². The van der Waals surface area contributed by atoms with Gasteiger partial charge in [-0.15, -0.1) is 11.8 Å². The molecule has 3 heterocycles. The summed E-state index contributed by atoms with van der Waals surface area (Å²) in [7, 11) is 0. The molecule has 5 rings (SSSR count). The number of fused-ring (bicyclic) bond motifs is 1. The van der Waals surface area contributed by atoms with E-state index < -0.39 is 17.7 Å². The summed E-state index contributed by atoms with van der Waals surface area (Å²) in [5.74, 6) is 1.71. The minimum Gasteiger partial charge on any atom is -0.444 e. The second kappa shape index (κ2) is 10.3. The van der Waals surface area contributed by atoms with Gasteiger partial charge in [-0.3, -0.25) is 9.69 Å². The van der Waals surface area contributed by atoms with E-state index in [-0.39, 0.29) is 17.9 Å². The molecule has 0 bridgehead atoms. The predicted octanol–water partition coefficient (Wildman–Crippen LogP) is 4.18. The first-order chi connectivity index (χ1) is 17.7. The van der Waals surface area contributed by atoms with Crippen LogP contribution in [0.3, 0.4) is 0 Å². The van der Waals surface area contributed by atoms with Crippen molar-refractivity contribution >= 4 is 35.4 Å². The number of carbonyl (C=O) groups is 3. The van der Waals surface area contributed by atoms with Crippen LogP contribution in [0.25, 0.3) is 0 Å². The summed E-state index contributed by atoms with van der Waals surface area (Å²) in [6.07, 6.45) is 0.919. The molecule has 2 saturated heterocycles. The van der Waals surface area contributed by atoms with E-state index in [0.29, 0.717) is 36.7 Å². The Hall–Kier alpha value is -3.20. The number of amides is 2. The van der Waals surface area contributed by atoms with Gasteiger partial charge in [0.05, 0.1) is 11.4 Å². The van der Waals surface area contributed by atoms with Crippen molar-refractivity contribution in [3.05, 3.63) is 59.7 Å². The second-order valence-corrected chi connectivity index (χ2v) is 11.7. The lowest BCUT2D eigenvalue weighted by atomic mass is 10.1. The van der Waals surface area contributed by atoms with E-state index in [0.717, 1.165) is 30.0 Å². The molecule has 3 aliphatic heterocycles. The molecule has 0 aromatic heterocycles. The lowest BCUT2D eigenvalue weighted by Gasteiger charge is -2.30. The maximum Gasteiger partial charge on any atom is 0.411 e. The van der Waals surface area contributed by atoms with Crippen molar-refractivity contribution < 1.29 is 23.9 Å². The molecular weight excluding hydrogens is 490 g/mol. The minimum absolute atomic E-state index is 0.000881. The first-order valence-corrected chi connectivity index (χ1v) is 13.9. The largest absolute Gasteiger partial charge is 0.444 e. The van der Waals surface area contributed by atoms with E-state index in [1.54, 1.807) is 40.9 Å². The average Bonchev–Trinajstić information content (AvgIpc) is 3.62. The summed E-state index contributed by atoms with van der Waals surface area (Å²) in [6.45, 7) is 7.43. The summed E-state index contributed by atoms with van der Waals surface area (Å²) in [5.41, 5.74) is 2.01. The van der Waals surface area contributed by atoms with Gasteiger partial charge >= 0.3 is 12.1 Å². The monoisotopic (exact) mass is 523 g/mol. The average molecular weight is 524 g/mol. The molecule has 196 valence electrons.